The van der Waals surface area contributed by atoms with Crippen LogP contribution in [0.15, 0.2) is 24.3 Å². The van der Waals surface area contributed by atoms with Crippen molar-refractivity contribution in [3.63, 3.8) is 0 Å². The molecule has 1 aromatic rings. The summed E-state index contributed by atoms with van der Waals surface area (Å²) in [7, 11) is 0. The largest absolute Gasteiger partial charge is 0.299 e. The molecule has 0 unspecified atom stereocenters. The van der Waals surface area contributed by atoms with E-state index in [2.05, 4.69) is 32.9 Å². The molecule has 0 bridgehead atoms. The molecule has 0 fully saturated rings. The fraction of sp³-hybridized carbons (Fsp3) is 0.562. The number of hydrogen-bond acceptors (Lipinski definition) is 1. The third kappa shape index (κ3) is 4.33. The average molecular weight is 232 g/mol. The molecule has 1 nitrogen and oxygen atoms in total. The molecule has 0 amide bonds. The maximum absolute atomic E-state index is 12.2. The molecule has 1 rings (SSSR count). The summed E-state index contributed by atoms with van der Waals surface area (Å²) < 4.78 is 0. The third-order valence-corrected chi connectivity index (χ3v) is 3.36. The normalized spacial score (nSPS) is 10.8. The summed E-state index contributed by atoms with van der Waals surface area (Å²) in [5.41, 5.74) is 2.42. The van der Waals surface area contributed by atoms with Crippen molar-refractivity contribution in [3.05, 3.63) is 35.4 Å². The maximum Gasteiger partial charge on any atom is 0.140 e. The van der Waals surface area contributed by atoms with Crippen LogP contribution < -0.4 is 0 Å². The highest BCUT2D eigenvalue weighted by Gasteiger charge is 2.17. The van der Waals surface area contributed by atoms with Gasteiger partial charge < -0.3 is 0 Å². The average Bonchev–Trinajstić information content (AvgIpc) is 2.32. The van der Waals surface area contributed by atoms with E-state index < -0.39 is 0 Å². The Labute approximate surface area is 105 Å². The van der Waals surface area contributed by atoms with E-state index in [-0.39, 0.29) is 5.92 Å². The second kappa shape index (κ2) is 7.26. The van der Waals surface area contributed by atoms with Gasteiger partial charge in [0.1, 0.15) is 5.78 Å². The molecule has 0 saturated heterocycles. The van der Waals surface area contributed by atoms with Crippen molar-refractivity contribution in [2.45, 2.75) is 52.9 Å². The van der Waals surface area contributed by atoms with Crippen LogP contribution in [0.25, 0.3) is 0 Å². The van der Waals surface area contributed by atoms with Gasteiger partial charge in [0.2, 0.25) is 0 Å². The monoisotopic (exact) mass is 232 g/mol. The van der Waals surface area contributed by atoms with Gasteiger partial charge in [0.15, 0.2) is 0 Å². The van der Waals surface area contributed by atoms with Crippen LogP contribution in [0.3, 0.4) is 0 Å². The highest BCUT2D eigenvalue weighted by Crippen LogP contribution is 2.18. The van der Waals surface area contributed by atoms with Crippen LogP contribution in [0.5, 0.6) is 0 Å². The van der Waals surface area contributed by atoms with Gasteiger partial charge in [-0.05, 0) is 30.9 Å². The summed E-state index contributed by atoms with van der Waals surface area (Å²) in [4.78, 5) is 12.2. The van der Waals surface area contributed by atoms with Crippen LogP contribution in [0.4, 0.5) is 0 Å². The maximum atomic E-state index is 12.2. The lowest BCUT2D eigenvalue weighted by molar-refractivity contribution is -0.122. The fourth-order valence-electron chi connectivity index (χ4n) is 2.30. The second-order valence-corrected chi connectivity index (χ2v) is 4.84. The second-order valence-electron chi connectivity index (χ2n) is 4.84. The number of carbonyl (C=O) groups excluding carboxylic acids is 1. The molecule has 0 spiro atoms. The number of benzene rings is 1. The number of aryl methyl sites for hydroxylation is 1. The molecule has 0 aliphatic carbocycles. The first-order valence-electron chi connectivity index (χ1n) is 6.76. The summed E-state index contributed by atoms with van der Waals surface area (Å²) in [6.45, 7) is 6.39. The minimum Gasteiger partial charge on any atom is -0.299 e. The topological polar surface area (TPSA) is 17.1 Å². The van der Waals surface area contributed by atoms with Crippen molar-refractivity contribution in [2.75, 3.05) is 0 Å². The molecule has 0 radical (unpaired) electrons. The van der Waals surface area contributed by atoms with E-state index in [1.165, 1.54) is 11.1 Å². The van der Waals surface area contributed by atoms with E-state index in [4.69, 9.17) is 0 Å². The summed E-state index contributed by atoms with van der Waals surface area (Å²) in [5.74, 6) is 0.688. The summed E-state index contributed by atoms with van der Waals surface area (Å²) in [6.07, 6.45) is 4.89. The lowest BCUT2D eigenvalue weighted by Crippen LogP contribution is -2.17. The quantitative estimate of drug-likeness (QED) is 0.684. The first-order chi connectivity index (χ1) is 8.19. The Morgan fingerprint density at radius 2 is 1.71 bits per heavy atom. The van der Waals surface area contributed by atoms with Crippen LogP contribution in [0.1, 0.15) is 50.7 Å². The Morgan fingerprint density at radius 1 is 1.12 bits per heavy atom. The number of carbonyl (C=O) groups is 1. The fourth-order valence-corrected chi connectivity index (χ4v) is 2.30. The summed E-state index contributed by atoms with van der Waals surface area (Å²) in [6, 6.07) is 8.20. The van der Waals surface area contributed by atoms with Gasteiger partial charge >= 0.3 is 0 Å². The van der Waals surface area contributed by atoms with Crippen molar-refractivity contribution in [1.29, 1.82) is 0 Å². The van der Waals surface area contributed by atoms with Crippen LogP contribution in [-0.2, 0) is 11.2 Å². The third-order valence-electron chi connectivity index (χ3n) is 3.36. The van der Waals surface area contributed by atoms with Crippen molar-refractivity contribution in [1.82, 2.24) is 0 Å². The number of Topliss-reactive ketones (excluding diaryl/α,β-unsaturated/α-hetero) is 1. The van der Waals surface area contributed by atoms with Gasteiger partial charge in [-0.1, -0.05) is 51.0 Å². The molecular formula is C16H24O. The number of rotatable bonds is 7. The standard InChI is InChI=1S/C16H24O/c1-4-8-14(9-5-2)16(17)12-15-11-7-6-10-13(15)3/h6-7,10-11,14H,4-5,8-9,12H2,1-3H3. The molecule has 94 valence electrons. The molecular weight excluding hydrogens is 208 g/mol. The molecule has 0 aromatic heterocycles. The van der Waals surface area contributed by atoms with Crippen molar-refractivity contribution >= 4 is 5.78 Å². The molecule has 1 aromatic carbocycles. The van der Waals surface area contributed by atoms with Gasteiger partial charge in [-0.25, -0.2) is 0 Å². The van der Waals surface area contributed by atoms with Gasteiger partial charge in [0.25, 0.3) is 0 Å². The van der Waals surface area contributed by atoms with Crippen LogP contribution in [0, 0.1) is 12.8 Å². The zero-order valence-corrected chi connectivity index (χ0v) is 11.3. The zero-order valence-electron chi connectivity index (χ0n) is 11.3. The van der Waals surface area contributed by atoms with Crippen LogP contribution in [-0.4, -0.2) is 5.78 Å². The van der Waals surface area contributed by atoms with E-state index >= 15 is 0 Å². The summed E-state index contributed by atoms with van der Waals surface area (Å²) in [5, 5.41) is 0. The predicted octanol–water partition coefficient (Wildman–Crippen LogP) is 4.32. The zero-order chi connectivity index (χ0) is 12.7. The first kappa shape index (κ1) is 14.0. The molecule has 0 saturated carbocycles. The Bertz CT molecular complexity index is 348. The van der Waals surface area contributed by atoms with Gasteiger partial charge in [-0.15, -0.1) is 0 Å². The van der Waals surface area contributed by atoms with Crippen molar-refractivity contribution in [2.24, 2.45) is 5.92 Å². The van der Waals surface area contributed by atoms with E-state index in [9.17, 15) is 4.79 Å². The minimum absolute atomic E-state index is 0.268. The molecule has 0 aliphatic heterocycles. The highest BCUT2D eigenvalue weighted by atomic mass is 16.1. The Morgan fingerprint density at radius 3 is 2.24 bits per heavy atom. The van der Waals surface area contributed by atoms with E-state index in [0.29, 0.717) is 12.2 Å². The number of ketones is 1. The first-order valence-corrected chi connectivity index (χ1v) is 6.76. The van der Waals surface area contributed by atoms with E-state index in [1.54, 1.807) is 0 Å². The number of hydrogen-bond donors (Lipinski definition) is 0. The Kier molecular flexibility index (Phi) is 5.96. The molecule has 0 atom stereocenters. The SMILES string of the molecule is CCCC(CCC)C(=O)Cc1ccccc1C. The van der Waals surface area contributed by atoms with Gasteiger partial charge in [-0.3, -0.25) is 4.79 Å². The van der Waals surface area contributed by atoms with Crippen LogP contribution in [0.2, 0.25) is 0 Å². The van der Waals surface area contributed by atoms with Crippen molar-refractivity contribution in [3.8, 4) is 0 Å². The van der Waals surface area contributed by atoms with E-state index in [0.717, 1.165) is 25.7 Å². The lowest BCUT2D eigenvalue weighted by atomic mass is 9.89. The Balaban J connectivity index is 2.66. The van der Waals surface area contributed by atoms with Gasteiger partial charge in [-0.2, -0.15) is 0 Å². The van der Waals surface area contributed by atoms with Crippen molar-refractivity contribution < 1.29 is 4.79 Å². The van der Waals surface area contributed by atoms with Gasteiger partial charge in [0, 0.05) is 12.3 Å². The lowest BCUT2D eigenvalue weighted by Gasteiger charge is -2.14. The molecule has 0 N–H and O–H groups in total. The minimum atomic E-state index is 0.268. The predicted molar refractivity (Wildman–Crippen MR) is 73.2 cm³/mol. The molecule has 0 heterocycles. The van der Waals surface area contributed by atoms with Gasteiger partial charge in [0.05, 0.1) is 0 Å². The van der Waals surface area contributed by atoms with Crippen LogP contribution >= 0.6 is 0 Å². The molecule has 17 heavy (non-hydrogen) atoms. The highest BCUT2D eigenvalue weighted by molar-refractivity contribution is 5.83. The molecule has 1 heteroatoms. The van der Waals surface area contributed by atoms with E-state index in [1.807, 2.05) is 12.1 Å². The Hall–Kier alpha value is -1.11. The summed E-state index contributed by atoms with van der Waals surface area (Å²) >= 11 is 0. The molecule has 0 aliphatic rings. The smallest absolute Gasteiger partial charge is 0.140 e.